The molecule has 0 saturated heterocycles. The van der Waals surface area contributed by atoms with Crippen molar-refractivity contribution < 1.29 is 19.4 Å². The van der Waals surface area contributed by atoms with E-state index in [1.807, 2.05) is 0 Å². The second kappa shape index (κ2) is 48.3. The molecule has 0 aromatic heterocycles. The summed E-state index contributed by atoms with van der Waals surface area (Å²) in [6.07, 6.45) is 42.4. The van der Waals surface area contributed by atoms with E-state index in [4.69, 9.17) is 9.84 Å². The molecule has 0 bridgehead atoms. The van der Waals surface area contributed by atoms with Gasteiger partial charge in [0.25, 0.3) is 0 Å². The fraction of sp³-hybridized carbons (Fsp3) is 0.929. The third kappa shape index (κ3) is 55.4. The van der Waals surface area contributed by atoms with Gasteiger partial charge in [-0.25, -0.2) is 0 Å². The zero-order valence-corrected chi connectivity index (χ0v) is 32.1. The first-order valence-electron chi connectivity index (χ1n) is 20.7. The molecule has 1 radical (unpaired) electrons. The Morgan fingerprint density at radius 1 is 0.413 bits per heavy atom. The number of aliphatic carboxylic acids is 1. The number of hydrogen-bond donors (Lipinski definition) is 1. The maximum atomic E-state index is 11.6. The summed E-state index contributed by atoms with van der Waals surface area (Å²) in [7, 11) is 0. The maximum Gasteiger partial charge on any atom is 0.305 e. The van der Waals surface area contributed by atoms with Crippen molar-refractivity contribution in [2.75, 3.05) is 6.61 Å². The van der Waals surface area contributed by atoms with E-state index in [0.717, 1.165) is 32.1 Å². The van der Waals surface area contributed by atoms with Crippen molar-refractivity contribution in [3.05, 3.63) is 6.92 Å². The number of ether oxygens (including phenoxy) is 1. The zero-order chi connectivity index (χ0) is 34.6. The van der Waals surface area contributed by atoms with Gasteiger partial charge >= 0.3 is 11.9 Å². The van der Waals surface area contributed by atoms with Crippen LogP contribution in [0.25, 0.3) is 0 Å². The standard InChI is InChI=1S/C24H48O2.C10H21.C8H16O2/c1-3-5-7-9-10-11-12-13-14-15-16-17-19-21-23-26-24(25)22-20-18-8-6-4-2;1-3-5-7-9-10-8-6-4-2;1-2-3-4-5-6-7-8(9)10/h3-23H2,1-2H3;1,3-10H2,2H3;2-7H2,1H3,(H,9,10). The highest BCUT2D eigenvalue weighted by Gasteiger charge is 2.02. The van der Waals surface area contributed by atoms with E-state index < -0.39 is 5.97 Å². The van der Waals surface area contributed by atoms with E-state index >= 15 is 0 Å². The molecule has 0 atom stereocenters. The molecule has 0 rings (SSSR count). The van der Waals surface area contributed by atoms with Gasteiger partial charge in [-0.15, -0.1) is 0 Å². The van der Waals surface area contributed by atoms with Gasteiger partial charge in [-0.2, -0.15) is 0 Å². The largest absolute Gasteiger partial charge is 0.481 e. The van der Waals surface area contributed by atoms with E-state index in [2.05, 4.69) is 34.6 Å². The first-order valence-corrected chi connectivity index (χ1v) is 20.7. The average molecular weight is 654 g/mol. The molecule has 277 valence electrons. The van der Waals surface area contributed by atoms with Gasteiger partial charge in [0, 0.05) is 12.8 Å². The molecule has 0 aromatic rings. The summed E-state index contributed by atoms with van der Waals surface area (Å²) in [6, 6.07) is 0. The van der Waals surface area contributed by atoms with Crippen LogP contribution in [0.2, 0.25) is 0 Å². The van der Waals surface area contributed by atoms with Gasteiger partial charge in [0.2, 0.25) is 0 Å². The first kappa shape index (κ1) is 49.3. The molecular weight excluding hydrogens is 568 g/mol. The molecular formula is C42H85O4. The van der Waals surface area contributed by atoms with Crippen molar-refractivity contribution in [3.63, 3.8) is 0 Å². The van der Waals surface area contributed by atoms with Crippen molar-refractivity contribution in [1.29, 1.82) is 0 Å². The van der Waals surface area contributed by atoms with Crippen LogP contribution in [0.15, 0.2) is 0 Å². The molecule has 1 N–H and O–H groups in total. The van der Waals surface area contributed by atoms with Crippen molar-refractivity contribution in [2.45, 2.75) is 246 Å². The van der Waals surface area contributed by atoms with Crippen molar-refractivity contribution in [3.8, 4) is 0 Å². The Kier molecular flexibility index (Phi) is 51.8. The molecule has 0 aliphatic carbocycles. The quantitative estimate of drug-likeness (QED) is 0.0554. The minimum absolute atomic E-state index is 0.0104. The minimum atomic E-state index is -0.670. The molecule has 0 amide bonds. The van der Waals surface area contributed by atoms with Gasteiger partial charge in [0.05, 0.1) is 6.61 Å². The molecule has 0 saturated carbocycles. The van der Waals surface area contributed by atoms with Crippen LogP contribution >= 0.6 is 0 Å². The van der Waals surface area contributed by atoms with E-state index in [1.54, 1.807) is 0 Å². The Balaban J connectivity index is -0.000000752. The number of carboxylic acid groups (broad SMARTS) is 1. The van der Waals surface area contributed by atoms with E-state index in [9.17, 15) is 9.59 Å². The van der Waals surface area contributed by atoms with E-state index in [0.29, 0.717) is 19.4 Å². The summed E-state index contributed by atoms with van der Waals surface area (Å²) in [5, 5.41) is 8.27. The number of carbonyl (C=O) groups is 2. The number of carboxylic acids is 1. The molecule has 0 fully saturated rings. The lowest BCUT2D eigenvalue weighted by atomic mass is 10.0. The molecule has 46 heavy (non-hydrogen) atoms. The zero-order valence-electron chi connectivity index (χ0n) is 32.1. The lowest BCUT2D eigenvalue weighted by molar-refractivity contribution is -0.144. The Morgan fingerprint density at radius 2 is 0.696 bits per heavy atom. The van der Waals surface area contributed by atoms with Gasteiger partial charge in [-0.1, -0.05) is 221 Å². The van der Waals surface area contributed by atoms with Gasteiger partial charge in [-0.05, 0) is 19.3 Å². The molecule has 0 aliphatic rings. The van der Waals surface area contributed by atoms with Gasteiger partial charge in [-0.3, -0.25) is 9.59 Å². The van der Waals surface area contributed by atoms with Crippen molar-refractivity contribution in [1.82, 2.24) is 0 Å². The Labute approximate surface area is 290 Å². The van der Waals surface area contributed by atoms with Crippen LogP contribution in [-0.4, -0.2) is 23.7 Å². The van der Waals surface area contributed by atoms with Crippen LogP contribution in [0, 0.1) is 6.92 Å². The summed E-state index contributed by atoms with van der Waals surface area (Å²) in [5.74, 6) is -0.660. The van der Waals surface area contributed by atoms with Crippen molar-refractivity contribution >= 4 is 11.9 Å². The number of carbonyl (C=O) groups excluding carboxylic acids is 1. The number of rotatable bonds is 34. The predicted molar refractivity (Wildman–Crippen MR) is 204 cm³/mol. The molecule has 0 heterocycles. The Bertz CT molecular complexity index is 540. The third-order valence-electron chi connectivity index (χ3n) is 8.59. The normalized spacial score (nSPS) is 10.5. The summed E-state index contributed by atoms with van der Waals surface area (Å²) in [6.45, 7) is 13.4. The van der Waals surface area contributed by atoms with Crippen LogP contribution < -0.4 is 0 Å². The van der Waals surface area contributed by atoms with Crippen LogP contribution in [0.5, 0.6) is 0 Å². The van der Waals surface area contributed by atoms with Gasteiger partial charge in [0.1, 0.15) is 0 Å². The summed E-state index contributed by atoms with van der Waals surface area (Å²) in [4.78, 5) is 21.6. The summed E-state index contributed by atoms with van der Waals surface area (Å²) in [5.41, 5.74) is 0. The second-order valence-corrected chi connectivity index (χ2v) is 13.5. The van der Waals surface area contributed by atoms with Crippen LogP contribution in [0.1, 0.15) is 246 Å². The third-order valence-corrected chi connectivity index (χ3v) is 8.59. The number of esters is 1. The minimum Gasteiger partial charge on any atom is -0.481 e. The van der Waals surface area contributed by atoms with Gasteiger partial charge in [0.15, 0.2) is 0 Å². The van der Waals surface area contributed by atoms with Gasteiger partial charge < -0.3 is 9.84 Å². The highest BCUT2D eigenvalue weighted by Crippen LogP contribution is 2.13. The predicted octanol–water partition coefficient (Wildman–Crippen LogP) is 14.8. The number of unbranched alkanes of at least 4 members (excludes halogenated alkanes) is 28. The lowest BCUT2D eigenvalue weighted by Crippen LogP contribution is -2.05. The van der Waals surface area contributed by atoms with E-state index in [-0.39, 0.29) is 5.97 Å². The van der Waals surface area contributed by atoms with Crippen LogP contribution in [0.4, 0.5) is 0 Å². The number of hydrogen-bond acceptors (Lipinski definition) is 3. The maximum absolute atomic E-state index is 11.6. The first-order chi connectivity index (χ1) is 22.5. The topological polar surface area (TPSA) is 63.6 Å². The second-order valence-electron chi connectivity index (χ2n) is 13.5. The van der Waals surface area contributed by atoms with Crippen molar-refractivity contribution in [2.24, 2.45) is 0 Å². The highest BCUT2D eigenvalue weighted by atomic mass is 16.5. The molecule has 0 spiro atoms. The average Bonchev–Trinajstić information content (AvgIpc) is 3.05. The SMILES string of the molecule is CCCCCCCC(=O)O.CCCCCCCCCCCCCCCCOC(=O)CCCCCCC.[CH2]CCCCCCCCC. The lowest BCUT2D eigenvalue weighted by Gasteiger charge is -2.05. The summed E-state index contributed by atoms with van der Waals surface area (Å²) >= 11 is 0. The highest BCUT2D eigenvalue weighted by molar-refractivity contribution is 5.69. The van der Waals surface area contributed by atoms with E-state index in [1.165, 1.54) is 173 Å². The molecule has 0 aliphatic heterocycles. The fourth-order valence-electron chi connectivity index (χ4n) is 5.44. The molecule has 4 heteroatoms. The summed E-state index contributed by atoms with van der Waals surface area (Å²) < 4.78 is 5.32. The molecule has 0 aromatic carbocycles. The smallest absolute Gasteiger partial charge is 0.305 e. The molecule has 0 unspecified atom stereocenters. The Hall–Kier alpha value is -1.06. The molecule has 4 nitrogen and oxygen atoms in total. The van der Waals surface area contributed by atoms with Crippen LogP contribution in [-0.2, 0) is 14.3 Å². The Morgan fingerprint density at radius 3 is 1.02 bits per heavy atom. The monoisotopic (exact) mass is 654 g/mol. The van der Waals surface area contributed by atoms with Crippen LogP contribution in [0.3, 0.4) is 0 Å². The fourth-order valence-corrected chi connectivity index (χ4v) is 5.44.